The second-order valence-corrected chi connectivity index (χ2v) is 11.4. The minimum Gasteiger partial charge on any atom is -0.493 e. The normalized spacial score (nSPS) is 14.3. The van der Waals surface area contributed by atoms with Crippen molar-refractivity contribution in [2.45, 2.75) is 19.1 Å². The lowest BCUT2D eigenvalue weighted by Crippen LogP contribution is -2.48. The van der Waals surface area contributed by atoms with Gasteiger partial charge in [-0.15, -0.1) is 0 Å². The van der Waals surface area contributed by atoms with Gasteiger partial charge in [-0.25, -0.2) is 4.98 Å². The molecule has 2 aliphatic heterocycles. The zero-order valence-corrected chi connectivity index (χ0v) is 26.6. The molecule has 0 radical (unpaired) electrons. The number of alkyl halides is 3. The number of fused-ring (bicyclic) bond motifs is 1. The number of nitrogens with one attached hydrogen (secondary N) is 2. The van der Waals surface area contributed by atoms with Crippen molar-refractivity contribution >= 4 is 23.2 Å². The van der Waals surface area contributed by atoms with Crippen molar-refractivity contribution in [3.8, 4) is 28.9 Å². The molecule has 2 aliphatic rings. The predicted octanol–water partition coefficient (Wildman–Crippen LogP) is 6.03. The molecule has 1 fully saturated rings. The Kier molecular flexibility index (Phi) is 10.0. The van der Waals surface area contributed by atoms with E-state index in [1.807, 2.05) is 23.1 Å². The Morgan fingerprint density at radius 2 is 1.63 bits per heavy atom. The molecule has 4 aromatic rings. The number of halogens is 3. The van der Waals surface area contributed by atoms with E-state index in [2.05, 4.69) is 20.5 Å². The third-order valence-electron chi connectivity index (χ3n) is 8.08. The Labute approximate surface area is 280 Å². The van der Waals surface area contributed by atoms with Crippen LogP contribution in [0.1, 0.15) is 27.9 Å². The summed E-state index contributed by atoms with van der Waals surface area (Å²) in [6.45, 7) is 4.41. The van der Waals surface area contributed by atoms with Crippen LogP contribution in [0.15, 0.2) is 79.0 Å². The summed E-state index contributed by atoms with van der Waals surface area (Å²) in [6, 6.07) is 18.3. The number of nitrogens with zero attached hydrogens (tertiary/aromatic N) is 3. The van der Waals surface area contributed by atoms with Crippen LogP contribution >= 0.6 is 0 Å². The number of anilines is 2. The number of benzene rings is 3. The predicted molar refractivity (Wildman–Crippen MR) is 174 cm³/mol. The van der Waals surface area contributed by atoms with Gasteiger partial charge in [-0.05, 0) is 60.2 Å². The van der Waals surface area contributed by atoms with E-state index >= 15 is 0 Å². The van der Waals surface area contributed by atoms with E-state index in [4.69, 9.17) is 18.9 Å². The maximum Gasteiger partial charge on any atom is 0.416 e. The van der Waals surface area contributed by atoms with Crippen molar-refractivity contribution in [1.29, 1.82) is 0 Å². The molecule has 11 nitrogen and oxygen atoms in total. The highest BCUT2D eigenvalue weighted by molar-refractivity contribution is 6.04. The molecule has 0 aliphatic carbocycles. The summed E-state index contributed by atoms with van der Waals surface area (Å²) in [6.07, 6.45) is -2.77. The molecule has 3 heterocycles. The SMILES string of the molecule is COc1cc(NCCC(=O)N2CCN(Cc3ccc4c(c3)OCO4)CC2)ccc1Oc1ccc(NC(=O)c2ccc(C(F)(F)F)cc2)cn1. The summed E-state index contributed by atoms with van der Waals surface area (Å²) in [4.78, 5) is 33.8. The molecular formula is C35H34F3N5O6. The molecule has 0 saturated carbocycles. The first kappa shape index (κ1) is 33.4. The van der Waals surface area contributed by atoms with Gasteiger partial charge in [0.1, 0.15) is 0 Å². The number of pyridine rings is 1. The fourth-order valence-electron chi connectivity index (χ4n) is 5.43. The molecule has 14 heteroatoms. The Morgan fingerprint density at radius 3 is 2.35 bits per heavy atom. The van der Waals surface area contributed by atoms with Crippen LogP contribution in [0.5, 0.6) is 28.9 Å². The lowest BCUT2D eigenvalue weighted by molar-refractivity contribution is -0.137. The third kappa shape index (κ3) is 8.51. The third-order valence-corrected chi connectivity index (χ3v) is 8.08. The van der Waals surface area contributed by atoms with Gasteiger partial charge < -0.3 is 34.5 Å². The standard InChI is InChI=1S/C35H34F3N5O6/c1-46-30-19-26(39-13-12-33(44)43-16-14-42(15-17-43)21-23-2-9-28-31(18-23)48-22-47-28)7-10-29(30)49-32-11-8-27(20-40-32)41-34(45)24-3-5-25(6-4-24)35(36,37)38/h2-11,18-20,39H,12-17,21-22H2,1H3,(H,41,45). The number of carbonyl (C=O) groups excluding carboxylic acids is 2. The largest absolute Gasteiger partial charge is 0.493 e. The summed E-state index contributed by atoms with van der Waals surface area (Å²) in [7, 11) is 1.51. The Hall–Kier alpha value is -5.50. The fraction of sp³-hybridized carbons (Fsp3) is 0.286. The van der Waals surface area contributed by atoms with E-state index in [9.17, 15) is 22.8 Å². The van der Waals surface area contributed by atoms with Crippen LogP contribution in [0.3, 0.4) is 0 Å². The van der Waals surface area contributed by atoms with Gasteiger partial charge in [0.15, 0.2) is 23.0 Å². The number of hydrogen-bond acceptors (Lipinski definition) is 9. The highest BCUT2D eigenvalue weighted by atomic mass is 19.4. The van der Waals surface area contributed by atoms with Crippen LogP contribution < -0.4 is 29.6 Å². The summed E-state index contributed by atoms with van der Waals surface area (Å²) in [5.41, 5.74) is 1.47. The van der Waals surface area contributed by atoms with Gasteiger partial charge in [-0.3, -0.25) is 14.5 Å². The Bertz CT molecular complexity index is 1780. The highest BCUT2D eigenvalue weighted by Crippen LogP contribution is 2.35. The number of ether oxygens (including phenoxy) is 4. The summed E-state index contributed by atoms with van der Waals surface area (Å²) >= 11 is 0. The summed E-state index contributed by atoms with van der Waals surface area (Å²) < 4.78 is 60.6. The van der Waals surface area contributed by atoms with E-state index in [1.54, 1.807) is 24.3 Å². The number of carbonyl (C=O) groups is 2. The molecule has 3 aromatic carbocycles. The first-order valence-electron chi connectivity index (χ1n) is 15.6. The molecule has 2 N–H and O–H groups in total. The van der Waals surface area contributed by atoms with Crippen LogP contribution in [0.25, 0.3) is 0 Å². The van der Waals surface area contributed by atoms with E-state index in [0.717, 1.165) is 66.6 Å². The number of methoxy groups -OCH3 is 1. The average Bonchev–Trinajstić information content (AvgIpc) is 3.58. The van der Waals surface area contributed by atoms with Gasteiger partial charge in [0, 0.05) is 69.1 Å². The monoisotopic (exact) mass is 677 g/mol. The molecule has 0 atom stereocenters. The molecule has 0 spiro atoms. The van der Waals surface area contributed by atoms with Gasteiger partial charge in [-0.2, -0.15) is 13.2 Å². The molecule has 6 rings (SSSR count). The lowest BCUT2D eigenvalue weighted by Gasteiger charge is -2.35. The second-order valence-electron chi connectivity index (χ2n) is 11.4. The topological polar surface area (TPSA) is 114 Å². The van der Waals surface area contributed by atoms with Crippen molar-refractivity contribution in [1.82, 2.24) is 14.8 Å². The van der Waals surface area contributed by atoms with Crippen LogP contribution in [-0.4, -0.2) is 73.2 Å². The number of piperazine rings is 1. The first-order chi connectivity index (χ1) is 23.6. The molecule has 49 heavy (non-hydrogen) atoms. The minimum atomic E-state index is -4.48. The van der Waals surface area contributed by atoms with Gasteiger partial charge in [0.25, 0.3) is 5.91 Å². The molecule has 0 bridgehead atoms. The van der Waals surface area contributed by atoms with Gasteiger partial charge >= 0.3 is 6.18 Å². The number of aromatic nitrogens is 1. The number of hydrogen-bond donors (Lipinski definition) is 2. The van der Waals surface area contributed by atoms with Crippen molar-refractivity contribution in [2.24, 2.45) is 0 Å². The quantitative estimate of drug-likeness (QED) is 0.197. The van der Waals surface area contributed by atoms with Crippen molar-refractivity contribution in [3.05, 3.63) is 95.7 Å². The van der Waals surface area contributed by atoms with E-state index in [-0.39, 0.29) is 24.1 Å². The number of rotatable bonds is 11. The number of amides is 2. The van der Waals surface area contributed by atoms with Crippen molar-refractivity contribution in [3.63, 3.8) is 0 Å². The van der Waals surface area contributed by atoms with Crippen molar-refractivity contribution in [2.75, 3.05) is 57.3 Å². The van der Waals surface area contributed by atoms with Crippen LogP contribution in [0.2, 0.25) is 0 Å². The van der Waals surface area contributed by atoms with Gasteiger partial charge in [-0.1, -0.05) is 6.07 Å². The molecule has 1 aromatic heterocycles. The Balaban J connectivity index is 0.939. The molecule has 2 amide bonds. The van der Waals surface area contributed by atoms with Crippen LogP contribution in [0, 0.1) is 0 Å². The van der Waals surface area contributed by atoms with Gasteiger partial charge in [0.2, 0.25) is 18.6 Å². The molecular weight excluding hydrogens is 643 g/mol. The zero-order chi connectivity index (χ0) is 34.4. The molecule has 1 saturated heterocycles. The van der Waals surface area contributed by atoms with Crippen molar-refractivity contribution < 1.29 is 41.7 Å². The summed E-state index contributed by atoms with van der Waals surface area (Å²) in [5.74, 6) is 2.13. The van der Waals surface area contributed by atoms with Crippen LogP contribution in [-0.2, 0) is 17.5 Å². The lowest BCUT2D eigenvalue weighted by atomic mass is 10.1. The summed E-state index contributed by atoms with van der Waals surface area (Å²) in [5, 5.41) is 5.86. The van der Waals surface area contributed by atoms with E-state index in [0.29, 0.717) is 43.2 Å². The Morgan fingerprint density at radius 1 is 0.878 bits per heavy atom. The average molecular weight is 678 g/mol. The van der Waals surface area contributed by atoms with E-state index in [1.165, 1.54) is 19.4 Å². The smallest absolute Gasteiger partial charge is 0.416 e. The first-order valence-corrected chi connectivity index (χ1v) is 15.6. The zero-order valence-electron chi connectivity index (χ0n) is 26.6. The second kappa shape index (κ2) is 14.7. The molecule has 256 valence electrons. The van der Waals surface area contributed by atoms with E-state index < -0.39 is 17.6 Å². The maximum atomic E-state index is 12.9. The minimum absolute atomic E-state index is 0.0730. The highest BCUT2D eigenvalue weighted by Gasteiger charge is 2.30. The van der Waals surface area contributed by atoms with Gasteiger partial charge in [0.05, 0.1) is 24.6 Å². The fourth-order valence-corrected chi connectivity index (χ4v) is 5.43. The molecule has 0 unspecified atom stereocenters. The maximum absolute atomic E-state index is 12.9. The van der Waals surface area contributed by atoms with Crippen LogP contribution in [0.4, 0.5) is 24.5 Å².